The van der Waals surface area contributed by atoms with Crippen molar-refractivity contribution in [3.05, 3.63) is 89.1 Å². The van der Waals surface area contributed by atoms with Crippen molar-refractivity contribution in [2.24, 2.45) is 0 Å². The number of halogens is 3. The first kappa shape index (κ1) is 26.0. The molecule has 1 atom stereocenters. The van der Waals surface area contributed by atoms with Crippen molar-refractivity contribution in [3.63, 3.8) is 0 Å². The van der Waals surface area contributed by atoms with Gasteiger partial charge in [0.15, 0.2) is 0 Å². The number of aliphatic carboxylic acids is 1. The Morgan fingerprint density at radius 2 is 1.89 bits per heavy atom. The molecule has 2 aromatic rings. The number of esters is 1. The molecule has 0 bridgehead atoms. The van der Waals surface area contributed by atoms with Gasteiger partial charge in [-0.15, -0.1) is 0 Å². The maximum Gasteiger partial charge on any atom is 0.416 e. The second kappa shape index (κ2) is 10.4. The van der Waals surface area contributed by atoms with Gasteiger partial charge in [0.1, 0.15) is 13.2 Å². The van der Waals surface area contributed by atoms with Crippen molar-refractivity contribution >= 4 is 23.7 Å². The van der Waals surface area contributed by atoms with Crippen LogP contribution in [-0.2, 0) is 20.5 Å². The van der Waals surface area contributed by atoms with Crippen LogP contribution in [-0.4, -0.2) is 41.1 Å². The van der Waals surface area contributed by atoms with Crippen LogP contribution in [0.5, 0.6) is 0 Å². The van der Waals surface area contributed by atoms with Crippen molar-refractivity contribution in [1.29, 1.82) is 5.26 Å². The number of alkyl halides is 3. The van der Waals surface area contributed by atoms with E-state index in [0.717, 1.165) is 28.0 Å². The summed E-state index contributed by atoms with van der Waals surface area (Å²) < 4.78 is 45.3. The Bertz CT molecular complexity index is 1280. The Morgan fingerprint density at radius 1 is 1.22 bits per heavy atom. The zero-order valence-electron chi connectivity index (χ0n) is 19.0. The molecule has 0 spiro atoms. The van der Waals surface area contributed by atoms with E-state index in [4.69, 9.17) is 10.00 Å². The number of urea groups is 1. The molecule has 8 nitrogen and oxygen atoms in total. The number of nitrogens with zero attached hydrogens (tertiary/aromatic N) is 3. The molecule has 2 amide bonds. The Kier molecular flexibility index (Phi) is 7.48. The molecule has 0 saturated carbocycles. The van der Waals surface area contributed by atoms with Crippen LogP contribution < -0.4 is 4.90 Å². The highest BCUT2D eigenvalue weighted by atomic mass is 19.4. The molecular weight excluding hydrogens is 479 g/mol. The molecular formula is C25H20F3N3O5. The molecule has 1 aliphatic heterocycles. The van der Waals surface area contributed by atoms with Crippen LogP contribution in [0.4, 0.5) is 23.7 Å². The van der Waals surface area contributed by atoms with E-state index in [0.29, 0.717) is 5.56 Å². The summed E-state index contributed by atoms with van der Waals surface area (Å²) in [5.74, 6) is -2.33. The minimum atomic E-state index is -4.70. The van der Waals surface area contributed by atoms with Gasteiger partial charge in [0, 0.05) is 5.70 Å². The quantitative estimate of drug-likeness (QED) is 0.439. The van der Waals surface area contributed by atoms with Gasteiger partial charge < -0.3 is 14.7 Å². The average Bonchev–Trinajstić information content (AvgIpc) is 2.83. The molecule has 36 heavy (non-hydrogen) atoms. The second-order valence-electron chi connectivity index (χ2n) is 7.71. The summed E-state index contributed by atoms with van der Waals surface area (Å²) in [6.07, 6.45) is -3.40. The minimum absolute atomic E-state index is 0.0376. The van der Waals surface area contributed by atoms with Gasteiger partial charge in [-0.3, -0.25) is 9.69 Å². The first-order chi connectivity index (χ1) is 17.0. The van der Waals surface area contributed by atoms with Gasteiger partial charge in [0.2, 0.25) is 0 Å². The number of carbonyl (C=O) groups excluding carboxylic acids is 2. The number of anilines is 1. The summed E-state index contributed by atoms with van der Waals surface area (Å²) in [5, 5.41) is 18.6. The van der Waals surface area contributed by atoms with E-state index in [1.807, 2.05) is 6.07 Å². The number of carbonyl (C=O) groups is 3. The van der Waals surface area contributed by atoms with Crippen molar-refractivity contribution in [2.75, 3.05) is 18.1 Å². The third-order valence-corrected chi connectivity index (χ3v) is 5.39. The van der Waals surface area contributed by atoms with Gasteiger partial charge in [0.25, 0.3) is 0 Å². The lowest BCUT2D eigenvalue weighted by Crippen LogP contribution is -2.52. The standard InChI is InChI=1S/C25H20F3N3O5/c1-3-11-36-23(34)21-15(2)31(19-6-4-5-18(12-19)25(26,27)28)24(35)30(14-20(32)33)22(21)17-9-7-16(13-29)8-10-17/h3-10,12,22H,1,11,14H2,2H3,(H,32,33)/t22-/m1/s1. The van der Waals surface area contributed by atoms with E-state index in [1.165, 1.54) is 43.3 Å². The zero-order valence-corrected chi connectivity index (χ0v) is 19.0. The first-order valence-corrected chi connectivity index (χ1v) is 10.5. The van der Waals surface area contributed by atoms with E-state index in [-0.39, 0.29) is 29.1 Å². The summed E-state index contributed by atoms with van der Waals surface area (Å²) in [6, 6.07) is 9.40. The molecule has 2 aromatic carbocycles. The molecule has 0 aromatic heterocycles. The Labute approximate surface area is 204 Å². The average molecular weight is 499 g/mol. The van der Waals surface area contributed by atoms with Crippen molar-refractivity contribution in [2.45, 2.75) is 19.1 Å². The van der Waals surface area contributed by atoms with Crippen LogP contribution in [0.2, 0.25) is 0 Å². The summed E-state index contributed by atoms with van der Waals surface area (Å²) in [7, 11) is 0. The monoisotopic (exact) mass is 499 g/mol. The molecule has 0 saturated heterocycles. The number of hydrogen-bond donors (Lipinski definition) is 1. The van der Waals surface area contributed by atoms with Gasteiger partial charge in [-0.2, -0.15) is 18.4 Å². The summed E-state index contributed by atoms with van der Waals surface area (Å²) >= 11 is 0. The summed E-state index contributed by atoms with van der Waals surface area (Å²) in [4.78, 5) is 40.1. The fraction of sp³-hybridized carbons (Fsp3) is 0.200. The normalized spacial score (nSPS) is 16.0. The molecule has 1 N–H and O–H groups in total. The molecule has 0 radical (unpaired) electrons. The second-order valence-corrected chi connectivity index (χ2v) is 7.71. The van der Waals surface area contributed by atoms with Gasteiger partial charge in [-0.1, -0.05) is 30.9 Å². The number of allylic oxidation sites excluding steroid dienone is 1. The molecule has 3 rings (SSSR count). The summed E-state index contributed by atoms with van der Waals surface area (Å²) in [5.41, 5.74) is -0.848. The predicted molar refractivity (Wildman–Crippen MR) is 121 cm³/mol. The number of ether oxygens (including phenoxy) is 1. The van der Waals surface area contributed by atoms with Gasteiger partial charge in [-0.05, 0) is 42.8 Å². The van der Waals surface area contributed by atoms with Crippen molar-refractivity contribution in [3.8, 4) is 6.07 Å². The zero-order chi connectivity index (χ0) is 26.6. The molecule has 0 unspecified atom stereocenters. The van der Waals surface area contributed by atoms with Gasteiger partial charge >= 0.3 is 24.1 Å². The molecule has 1 heterocycles. The third-order valence-electron chi connectivity index (χ3n) is 5.39. The third kappa shape index (κ3) is 5.22. The first-order valence-electron chi connectivity index (χ1n) is 10.5. The number of benzene rings is 2. The SMILES string of the molecule is C=CCOC(=O)C1=C(C)N(c2cccc(C(F)(F)F)c2)C(=O)N(CC(=O)O)[C@@H]1c1ccc(C#N)cc1. The highest BCUT2D eigenvalue weighted by molar-refractivity contribution is 6.04. The van der Waals surface area contributed by atoms with E-state index in [1.54, 1.807) is 0 Å². The number of rotatable bonds is 7. The molecule has 0 aliphatic carbocycles. The lowest BCUT2D eigenvalue weighted by molar-refractivity contribution is -0.141. The van der Waals surface area contributed by atoms with Gasteiger partial charge in [0.05, 0.1) is 34.5 Å². The van der Waals surface area contributed by atoms with Crippen LogP contribution in [0.1, 0.15) is 29.7 Å². The van der Waals surface area contributed by atoms with Crippen LogP contribution in [0.15, 0.2) is 72.5 Å². The van der Waals surface area contributed by atoms with Crippen LogP contribution in [0, 0.1) is 11.3 Å². The Morgan fingerprint density at radius 3 is 2.44 bits per heavy atom. The topological polar surface area (TPSA) is 111 Å². The predicted octanol–water partition coefficient (Wildman–Crippen LogP) is 4.65. The largest absolute Gasteiger partial charge is 0.480 e. The number of hydrogen-bond acceptors (Lipinski definition) is 5. The smallest absolute Gasteiger partial charge is 0.416 e. The number of amides is 2. The fourth-order valence-electron chi connectivity index (χ4n) is 3.84. The number of carboxylic acid groups (broad SMARTS) is 1. The lowest BCUT2D eigenvalue weighted by Gasteiger charge is -2.42. The highest BCUT2D eigenvalue weighted by Crippen LogP contribution is 2.41. The van der Waals surface area contributed by atoms with Crippen LogP contribution in [0.25, 0.3) is 0 Å². The fourth-order valence-corrected chi connectivity index (χ4v) is 3.84. The van der Waals surface area contributed by atoms with E-state index in [2.05, 4.69) is 6.58 Å². The molecule has 0 fully saturated rings. The van der Waals surface area contributed by atoms with Crippen LogP contribution in [0.3, 0.4) is 0 Å². The van der Waals surface area contributed by atoms with Gasteiger partial charge in [-0.25, -0.2) is 9.59 Å². The highest BCUT2D eigenvalue weighted by Gasteiger charge is 2.44. The molecule has 1 aliphatic rings. The van der Waals surface area contributed by atoms with E-state index in [9.17, 15) is 32.7 Å². The number of nitriles is 1. The van der Waals surface area contributed by atoms with Crippen molar-refractivity contribution in [1.82, 2.24) is 4.90 Å². The maximum atomic E-state index is 13.6. The number of carboxylic acids is 1. The summed E-state index contributed by atoms with van der Waals surface area (Å²) in [6.45, 7) is 3.76. The van der Waals surface area contributed by atoms with E-state index < -0.39 is 42.3 Å². The van der Waals surface area contributed by atoms with E-state index >= 15 is 0 Å². The lowest BCUT2D eigenvalue weighted by atomic mass is 9.92. The van der Waals surface area contributed by atoms with Crippen LogP contribution >= 0.6 is 0 Å². The molecule has 11 heteroatoms. The molecule has 186 valence electrons. The minimum Gasteiger partial charge on any atom is -0.480 e. The Balaban J connectivity index is 2.28. The Hall–Kier alpha value is -4.59. The van der Waals surface area contributed by atoms with Crippen molar-refractivity contribution < 1.29 is 37.4 Å². The maximum absolute atomic E-state index is 13.6.